The molecular formula is C29H37N3O. The lowest BCUT2D eigenvalue weighted by molar-refractivity contribution is 0.255. The SMILES string of the molecule is CCc1ccc(N)c(CC)c1NC(=O)N(c1ccc(C(C)C)cc1)[C@@H](C)c1ccc(C)cc1. The van der Waals surface area contributed by atoms with Crippen LogP contribution in [-0.4, -0.2) is 6.03 Å². The number of nitrogens with two attached hydrogens (primary N) is 1. The number of anilines is 3. The van der Waals surface area contributed by atoms with Gasteiger partial charge in [-0.1, -0.05) is 75.7 Å². The first-order valence-corrected chi connectivity index (χ1v) is 11.9. The van der Waals surface area contributed by atoms with E-state index in [1.54, 1.807) is 0 Å². The summed E-state index contributed by atoms with van der Waals surface area (Å²) in [4.78, 5) is 15.7. The third-order valence-electron chi connectivity index (χ3n) is 6.41. The quantitative estimate of drug-likeness (QED) is 0.369. The number of rotatable bonds is 7. The van der Waals surface area contributed by atoms with Crippen molar-refractivity contribution in [2.24, 2.45) is 0 Å². The maximum absolute atomic E-state index is 13.8. The Kier molecular flexibility index (Phi) is 7.80. The number of carbonyl (C=O) groups excluding carboxylic acids is 1. The number of amides is 2. The van der Waals surface area contributed by atoms with Gasteiger partial charge in [-0.15, -0.1) is 0 Å². The predicted octanol–water partition coefficient (Wildman–Crippen LogP) is 7.63. The molecule has 0 fully saturated rings. The molecule has 2 amide bonds. The van der Waals surface area contributed by atoms with Crippen molar-refractivity contribution in [3.63, 3.8) is 0 Å². The molecule has 0 heterocycles. The molecule has 0 saturated heterocycles. The lowest BCUT2D eigenvalue weighted by Crippen LogP contribution is -2.37. The van der Waals surface area contributed by atoms with Crippen LogP contribution in [0.3, 0.4) is 0 Å². The molecule has 0 aliphatic carbocycles. The number of nitrogens with one attached hydrogen (secondary N) is 1. The summed E-state index contributed by atoms with van der Waals surface area (Å²) in [5.74, 6) is 0.433. The highest BCUT2D eigenvalue weighted by molar-refractivity contribution is 6.03. The number of nitrogen functional groups attached to an aromatic ring is 1. The second-order valence-corrected chi connectivity index (χ2v) is 9.01. The Balaban J connectivity index is 2.05. The third kappa shape index (κ3) is 5.39. The van der Waals surface area contributed by atoms with Crippen molar-refractivity contribution in [1.82, 2.24) is 0 Å². The molecule has 33 heavy (non-hydrogen) atoms. The van der Waals surface area contributed by atoms with Crippen molar-refractivity contribution in [2.45, 2.75) is 66.3 Å². The van der Waals surface area contributed by atoms with Gasteiger partial charge in [-0.25, -0.2) is 4.79 Å². The molecule has 1 atom stereocenters. The van der Waals surface area contributed by atoms with Gasteiger partial charge in [-0.3, -0.25) is 4.90 Å². The molecule has 4 heteroatoms. The Bertz CT molecular complexity index is 1090. The first-order valence-electron chi connectivity index (χ1n) is 11.9. The van der Waals surface area contributed by atoms with E-state index in [2.05, 4.69) is 83.3 Å². The van der Waals surface area contributed by atoms with Crippen LogP contribution in [0, 0.1) is 6.92 Å². The highest BCUT2D eigenvalue weighted by atomic mass is 16.2. The monoisotopic (exact) mass is 443 g/mol. The zero-order chi connectivity index (χ0) is 24.1. The van der Waals surface area contributed by atoms with Crippen LogP contribution in [0.2, 0.25) is 0 Å². The lowest BCUT2D eigenvalue weighted by atomic mass is 10.0. The summed E-state index contributed by atoms with van der Waals surface area (Å²) in [6.45, 7) is 12.7. The van der Waals surface area contributed by atoms with Gasteiger partial charge in [0.25, 0.3) is 0 Å². The number of carbonyl (C=O) groups is 1. The van der Waals surface area contributed by atoms with Gasteiger partial charge in [0.05, 0.1) is 11.7 Å². The molecule has 0 radical (unpaired) electrons. The predicted molar refractivity (Wildman–Crippen MR) is 141 cm³/mol. The smallest absolute Gasteiger partial charge is 0.326 e. The van der Waals surface area contributed by atoms with E-state index in [1.807, 2.05) is 29.2 Å². The average molecular weight is 444 g/mol. The Labute approximate surface area is 198 Å². The largest absolute Gasteiger partial charge is 0.398 e. The maximum atomic E-state index is 13.8. The number of hydrogen-bond donors (Lipinski definition) is 2. The van der Waals surface area contributed by atoms with Crippen LogP contribution in [0.15, 0.2) is 60.7 Å². The van der Waals surface area contributed by atoms with Gasteiger partial charge in [0.1, 0.15) is 0 Å². The van der Waals surface area contributed by atoms with Crippen LogP contribution in [0.25, 0.3) is 0 Å². The zero-order valence-electron chi connectivity index (χ0n) is 20.8. The fourth-order valence-corrected chi connectivity index (χ4v) is 4.24. The van der Waals surface area contributed by atoms with E-state index < -0.39 is 0 Å². The molecule has 174 valence electrons. The molecule has 0 spiro atoms. The lowest BCUT2D eigenvalue weighted by Gasteiger charge is -2.31. The van der Waals surface area contributed by atoms with Crippen LogP contribution in [0.4, 0.5) is 21.9 Å². The molecule has 4 nitrogen and oxygen atoms in total. The van der Waals surface area contributed by atoms with Crippen molar-refractivity contribution in [1.29, 1.82) is 0 Å². The molecular weight excluding hydrogens is 406 g/mol. The van der Waals surface area contributed by atoms with E-state index >= 15 is 0 Å². The van der Waals surface area contributed by atoms with Crippen LogP contribution in [-0.2, 0) is 12.8 Å². The van der Waals surface area contributed by atoms with E-state index in [1.165, 1.54) is 11.1 Å². The van der Waals surface area contributed by atoms with Gasteiger partial charge in [-0.05, 0) is 73.1 Å². The molecule has 0 aliphatic rings. The first-order chi connectivity index (χ1) is 15.8. The Morgan fingerprint density at radius 2 is 1.48 bits per heavy atom. The van der Waals surface area contributed by atoms with Gasteiger partial charge in [0.2, 0.25) is 0 Å². The Hall–Kier alpha value is -3.27. The molecule has 0 unspecified atom stereocenters. The first kappa shape index (κ1) is 24.4. The molecule has 0 bridgehead atoms. The van der Waals surface area contributed by atoms with Crippen LogP contribution < -0.4 is 16.0 Å². The second-order valence-electron chi connectivity index (χ2n) is 9.01. The fourth-order valence-electron chi connectivity index (χ4n) is 4.24. The zero-order valence-corrected chi connectivity index (χ0v) is 20.8. The molecule has 3 aromatic carbocycles. The van der Waals surface area contributed by atoms with E-state index in [0.717, 1.165) is 40.9 Å². The highest BCUT2D eigenvalue weighted by Gasteiger charge is 2.25. The van der Waals surface area contributed by atoms with Gasteiger partial charge in [0, 0.05) is 11.4 Å². The topological polar surface area (TPSA) is 58.4 Å². The second kappa shape index (κ2) is 10.6. The summed E-state index contributed by atoms with van der Waals surface area (Å²) >= 11 is 0. The number of aryl methyl sites for hydroxylation is 2. The number of benzene rings is 3. The normalized spacial score (nSPS) is 12.0. The van der Waals surface area contributed by atoms with E-state index in [0.29, 0.717) is 11.6 Å². The molecule has 3 N–H and O–H groups in total. The van der Waals surface area contributed by atoms with Gasteiger partial charge in [-0.2, -0.15) is 0 Å². The number of nitrogens with zero attached hydrogens (tertiary/aromatic N) is 1. The standard InChI is InChI=1S/C29H37N3O/c1-7-22-15-18-27(30)26(8-2)28(22)31-29(33)32(21(6)24-11-9-20(5)10-12-24)25-16-13-23(14-17-25)19(3)4/h9-19,21H,7-8,30H2,1-6H3,(H,31,33)/t21-/m0/s1. The summed E-state index contributed by atoms with van der Waals surface area (Å²) in [5, 5.41) is 3.23. The summed E-state index contributed by atoms with van der Waals surface area (Å²) in [7, 11) is 0. The summed E-state index contributed by atoms with van der Waals surface area (Å²) in [5.41, 5.74) is 14.3. The molecule has 0 saturated carbocycles. The fraction of sp³-hybridized carbons (Fsp3) is 0.345. The molecule has 0 aliphatic heterocycles. The molecule has 0 aromatic heterocycles. The summed E-state index contributed by atoms with van der Waals surface area (Å²) < 4.78 is 0. The summed E-state index contributed by atoms with van der Waals surface area (Å²) in [6.07, 6.45) is 1.57. The van der Waals surface area contributed by atoms with Crippen LogP contribution >= 0.6 is 0 Å². The third-order valence-corrected chi connectivity index (χ3v) is 6.41. The van der Waals surface area contributed by atoms with Gasteiger partial charge in [0.15, 0.2) is 0 Å². The Morgan fingerprint density at radius 1 is 0.879 bits per heavy atom. The minimum atomic E-state index is -0.157. The molecule has 3 rings (SSSR count). The van der Waals surface area contributed by atoms with E-state index in [9.17, 15) is 4.79 Å². The van der Waals surface area contributed by atoms with Crippen molar-refractivity contribution < 1.29 is 4.79 Å². The van der Waals surface area contributed by atoms with Crippen LogP contribution in [0.1, 0.15) is 74.4 Å². The minimum Gasteiger partial charge on any atom is -0.398 e. The van der Waals surface area contributed by atoms with Gasteiger partial charge >= 0.3 is 6.03 Å². The maximum Gasteiger partial charge on any atom is 0.326 e. The van der Waals surface area contributed by atoms with Crippen molar-refractivity contribution >= 4 is 23.1 Å². The Morgan fingerprint density at radius 3 is 2.03 bits per heavy atom. The minimum absolute atomic E-state index is 0.147. The molecule has 3 aromatic rings. The number of urea groups is 1. The van der Waals surface area contributed by atoms with E-state index in [-0.39, 0.29) is 12.1 Å². The highest BCUT2D eigenvalue weighted by Crippen LogP contribution is 2.32. The summed E-state index contributed by atoms with van der Waals surface area (Å²) in [6, 6.07) is 20.3. The van der Waals surface area contributed by atoms with Crippen molar-refractivity contribution in [3.05, 3.63) is 88.5 Å². The number of hydrogen-bond acceptors (Lipinski definition) is 2. The van der Waals surface area contributed by atoms with Crippen molar-refractivity contribution in [3.8, 4) is 0 Å². The van der Waals surface area contributed by atoms with Crippen LogP contribution in [0.5, 0.6) is 0 Å². The van der Waals surface area contributed by atoms with Crippen molar-refractivity contribution in [2.75, 3.05) is 16.0 Å². The average Bonchev–Trinajstić information content (AvgIpc) is 2.80. The van der Waals surface area contributed by atoms with E-state index in [4.69, 9.17) is 5.73 Å². The van der Waals surface area contributed by atoms with Gasteiger partial charge < -0.3 is 11.1 Å².